The molecule has 0 aliphatic carbocycles. The van der Waals surface area contributed by atoms with Crippen LogP contribution >= 0.6 is 0 Å². The second-order valence-corrected chi connectivity index (χ2v) is 2.37. The van der Waals surface area contributed by atoms with Gasteiger partial charge in [0.15, 0.2) is 0 Å². The maximum absolute atomic E-state index is 8.24. The molecule has 1 rings (SSSR count). The van der Waals surface area contributed by atoms with Gasteiger partial charge in [-0.05, 0) is 11.6 Å². The van der Waals surface area contributed by atoms with Gasteiger partial charge in [0.05, 0.1) is 6.07 Å². The Morgan fingerprint density at radius 1 is 1.58 bits per heavy atom. The second-order valence-electron chi connectivity index (χ2n) is 2.37. The van der Waals surface area contributed by atoms with Crippen molar-refractivity contribution in [3.05, 3.63) is 30.1 Å². The molecule has 0 aliphatic heterocycles. The maximum Gasteiger partial charge on any atom is 0.0635 e. The van der Waals surface area contributed by atoms with Gasteiger partial charge in [-0.15, -0.1) is 0 Å². The van der Waals surface area contributed by atoms with Gasteiger partial charge in [-0.3, -0.25) is 4.98 Å². The minimum absolute atomic E-state index is 0.500. The lowest BCUT2D eigenvalue weighted by atomic mass is 10.3. The van der Waals surface area contributed by atoms with Gasteiger partial charge < -0.3 is 0 Å². The van der Waals surface area contributed by atoms with E-state index in [1.807, 2.05) is 18.2 Å². The van der Waals surface area contributed by atoms with Crippen LogP contribution < -0.4 is 5.32 Å². The fraction of sp³-hybridized carbons (Fsp3) is 0.333. The van der Waals surface area contributed by atoms with Crippen molar-refractivity contribution in [3.8, 4) is 6.07 Å². The number of hydrogen-bond acceptors (Lipinski definition) is 2. The van der Waals surface area contributed by atoms with Crippen LogP contribution in [-0.2, 0) is 6.54 Å². The molecule has 3 nitrogen and oxygen atoms in total. The number of nitriles is 1. The first-order valence-electron chi connectivity index (χ1n) is 3.82. The topological polar surface area (TPSA) is 50.8 Å². The van der Waals surface area contributed by atoms with Crippen molar-refractivity contribution in [2.24, 2.45) is 0 Å². The average molecular weight is 160 g/mol. The van der Waals surface area contributed by atoms with E-state index in [2.05, 4.69) is 10.3 Å². The lowest BCUT2D eigenvalue weighted by Crippen LogP contribution is -2.05. The Hall–Kier alpha value is -1.40. The first-order chi connectivity index (χ1) is 5.93. The standard InChI is InChI=1S/C9H10N3/c10-4-2-6-12-8-9-3-1-5-11-7-9/h1,3,5,7H,2,6,8H2. The van der Waals surface area contributed by atoms with Gasteiger partial charge in [-0.25, -0.2) is 5.32 Å². The molecule has 0 spiro atoms. The van der Waals surface area contributed by atoms with Crippen molar-refractivity contribution in [1.82, 2.24) is 10.3 Å². The summed E-state index contributed by atoms with van der Waals surface area (Å²) in [6, 6.07) is 5.90. The molecule has 0 amide bonds. The predicted molar refractivity (Wildman–Crippen MR) is 45.2 cm³/mol. The smallest absolute Gasteiger partial charge is 0.0635 e. The van der Waals surface area contributed by atoms with Crippen LogP contribution in [-0.4, -0.2) is 11.5 Å². The molecule has 0 aromatic carbocycles. The fourth-order valence-electron chi connectivity index (χ4n) is 0.829. The van der Waals surface area contributed by atoms with Crippen LogP contribution in [0, 0.1) is 11.3 Å². The third-order valence-corrected chi connectivity index (χ3v) is 1.40. The Morgan fingerprint density at radius 3 is 3.17 bits per heavy atom. The van der Waals surface area contributed by atoms with E-state index in [9.17, 15) is 0 Å². The Bertz CT molecular complexity index is 250. The predicted octanol–water partition coefficient (Wildman–Crippen LogP) is 1.10. The Labute approximate surface area is 72.1 Å². The zero-order chi connectivity index (χ0) is 8.65. The quantitative estimate of drug-likeness (QED) is 0.619. The lowest BCUT2D eigenvalue weighted by molar-refractivity contribution is 0.681. The molecule has 12 heavy (non-hydrogen) atoms. The molecular formula is C9H10N3. The van der Waals surface area contributed by atoms with E-state index >= 15 is 0 Å². The summed E-state index contributed by atoms with van der Waals surface area (Å²) in [5, 5.41) is 12.4. The molecule has 61 valence electrons. The van der Waals surface area contributed by atoms with E-state index < -0.39 is 0 Å². The minimum Gasteiger partial charge on any atom is -0.264 e. The van der Waals surface area contributed by atoms with Crippen molar-refractivity contribution in [3.63, 3.8) is 0 Å². The van der Waals surface area contributed by atoms with Gasteiger partial charge >= 0.3 is 0 Å². The zero-order valence-electron chi connectivity index (χ0n) is 6.77. The second kappa shape index (κ2) is 5.28. The van der Waals surface area contributed by atoms with Gasteiger partial charge in [0.2, 0.25) is 0 Å². The van der Waals surface area contributed by atoms with Crippen LogP contribution in [0.3, 0.4) is 0 Å². The highest BCUT2D eigenvalue weighted by atomic mass is 14.8. The summed E-state index contributed by atoms with van der Waals surface area (Å²) >= 11 is 0. The highest BCUT2D eigenvalue weighted by Crippen LogP contribution is 1.94. The van der Waals surface area contributed by atoms with Crippen LogP contribution in [0.4, 0.5) is 0 Å². The molecule has 1 aromatic rings. The summed E-state index contributed by atoms with van der Waals surface area (Å²) < 4.78 is 0. The van der Waals surface area contributed by atoms with E-state index in [-0.39, 0.29) is 0 Å². The fourth-order valence-corrected chi connectivity index (χ4v) is 0.829. The zero-order valence-corrected chi connectivity index (χ0v) is 6.77. The summed E-state index contributed by atoms with van der Waals surface area (Å²) in [5.74, 6) is 0. The van der Waals surface area contributed by atoms with Gasteiger partial charge in [-0.1, -0.05) is 6.07 Å². The number of pyridine rings is 1. The van der Waals surface area contributed by atoms with Crippen LogP contribution in [0.2, 0.25) is 0 Å². The van der Waals surface area contributed by atoms with Crippen LogP contribution in [0.1, 0.15) is 12.0 Å². The molecule has 0 bridgehead atoms. The van der Waals surface area contributed by atoms with Crippen molar-refractivity contribution in [2.45, 2.75) is 13.0 Å². The molecule has 0 atom stereocenters. The van der Waals surface area contributed by atoms with Gasteiger partial charge in [-0.2, -0.15) is 5.26 Å². The normalized spacial score (nSPS) is 9.25. The van der Waals surface area contributed by atoms with Crippen LogP contribution in [0.15, 0.2) is 24.5 Å². The molecule has 0 fully saturated rings. The minimum atomic E-state index is 0.500. The number of rotatable bonds is 4. The largest absolute Gasteiger partial charge is 0.264 e. The van der Waals surface area contributed by atoms with Gasteiger partial charge in [0.1, 0.15) is 0 Å². The van der Waals surface area contributed by atoms with E-state index in [0.29, 0.717) is 19.5 Å². The summed E-state index contributed by atoms with van der Waals surface area (Å²) in [7, 11) is 0. The van der Waals surface area contributed by atoms with E-state index in [1.165, 1.54) is 0 Å². The van der Waals surface area contributed by atoms with E-state index in [1.54, 1.807) is 12.4 Å². The number of hydrogen-bond donors (Lipinski definition) is 0. The molecule has 0 unspecified atom stereocenters. The molecule has 1 heterocycles. The molecule has 1 aromatic heterocycles. The van der Waals surface area contributed by atoms with E-state index in [0.717, 1.165) is 5.56 Å². The Balaban J connectivity index is 2.21. The average Bonchev–Trinajstić information content (AvgIpc) is 2.14. The van der Waals surface area contributed by atoms with Crippen molar-refractivity contribution in [1.29, 1.82) is 5.26 Å². The molecule has 0 N–H and O–H groups in total. The first-order valence-corrected chi connectivity index (χ1v) is 3.82. The first kappa shape index (κ1) is 8.69. The number of nitrogens with zero attached hydrogens (tertiary/aromatic N) is 3. The summed E-state index contributed by atoms with van der Waals surface area (Å²) in [4.78, 5) is 3.96. The summed E-state index contributed by atoms with van der Waals surface area (Å²) in [6.07, 6.45) is 4.02. The molecule has 3 heteroatoms. The monoisotopic (exact) mass is 160 g/mol. The SMILES string of the molecule is N#CCC[N]Cc1cccnc1. The molecule has 0 saturated carbocycles. The van der Waals surface area contributed by atoms with Gasteiger partial charge in [0.25, 0.3) is 0 Å². The van der Waals surface area contributed by atoms with Gasteiger partial charge in [0, 0.05) is 31.9 Å². The third kappa shape index (κ3) is 3.13. The maximum atomic E-state index is 8.24. The van der Waals surface area contributed by atoms with Crippen molar-refractivity contribution < 1.29 is 0 Å². The van der Waals surface area contributed by atoms with Crippen molar-refractivity contribution in [2.75, 3.05) is 6.54 Å². The molecule has 0 aliphatic rings. The highest BCUT2D eigenvalue weighted by molar-refractivity contribution is 5.07. The van der Waals surface area contributed by atoms with Crippen LogP contribution in [0.5, 0.6) is 0 Å². The van der Waals surface area contributed by atoms with Crippen molar-refractivity contribution >= 4 is 0 Å². The Morgan fingerprint density at radius 2 is 2.50 bits per heavy atom. The van der Waals surface area contributed by atoms with E-state index in [4.69, 9.17) is 5.26 Å². The van der Waals surface area contributed by atoms with Crippen LogP contribution in [0.25, 0.3) is 0 Å². The lowest BCUT2D eigenvalue weighted by Gasteiger charge is -1.97. The molecule has 1 radical (unpaired) electrons. The number of aromatic nitrogens is 1. The summed E-state index contributed by atoms with van der Waals surface area (Å²) in [6.45, 7) is 1.28. The Kier molecular flexibility index (Phi) is 3.82. The third-order valence-electron chi connectivity index (χ3n) is 1.40. The summed E-state index contributed by atoms with van der Waals surface area (Å²) in [5.41, 5.74) is 1.09. The molecule has 0 saturated heterocycles. The highest BCUT2D eigenvalue weighted by Gasteiger charge is 1.91. The molecular weight excluding hydrogens is 150 g/mol.